The number of carboxylic acids is 1. The van der Waals surface area contributed by atoms with E-state index in [0.717, 1.165) is 78.7 Å². The number of likely N-dealkylation sites (tertiary alicyclic amines) is 1. The second-order valence-corrected chi connectivity index (χ2v) is 13.3. The van der Waals surface area contributed by atoms with Gasteiger partial charge < -0.3 is 39.4 Å². The number of aliphatic carboxylic acids is 1. The number of carbonyl (C=O) groups is 2. The fraction of sp³-hybridized carbons (Fsp3) is 0.487. The molecule has 0 radical (unpaired) electrons. The number of carboxylic acid groups (broad SMARTS) is 1. The van der Waals surface area contributed by atoms with Gasteiger partial charge in [0.05, 0.1) is 32.0 Å². The molecule has 0 aliphatic carbocycles. The van der Waals surface area contributed by atoms with E-state index in [4.69, 9.17) is 24.1 Å². The van der Waals surface area contributed by atoms with Crippen LogP contribution in [-0.2, 0) is 41.7 Å². The van der Waals surface area contributed by atoms with Gasteiger partial charge in [-0.15, -0.1) is 0 Å². The van der Waals surface area contributed by atoms with Gasteiger partial charge in [-0.3, -0.25) is 9.59 Å². The quantitative estimate of drug-likeness (QED) is 0.180. The van der Waals surface area contributed by atoms with E-state index < -0.39 is 18.0 Å². The highest BCUT2D eigenvalue weighted by molar-refractivity contribution is 5.76. The Morgan fingerprint density at radius 2 is 1.53 bits per heavy atom. The van der Waals surface area contributed by atoms with Crippen molar-refractivity contribution in [1.82, 2.24) is 10.2 Å². The number of aliphatic hydroxyl groups is 1. The van der Waals surface area contributed by atoms with Crippen molar-refractivity contribution < 1.29 is 38.7 Å². The molecule has 0 unspecified atom stereocenters. The molecule has 3 aliphatic rings. The second kappa shape index (κ2) is 16.8. The molecule has 6 rings (SSSR count). The van der Waals surface area contributed by atoms with E-state index in [1.54, 1.807) is 0 Å². The van der Waals surface area contributed by atoms with E-state index in [9.17, 15) is 14.7 Å². The summed E-state index contributed by atoms with van der Waals surface area (Å²) in [5, 5.41) is 21.4. The zero-order valence-corrected chi connectivity index (χ0v) is 28.1. The Morgan fingerprint density at radius 3 is 2.24 bits per heavy atom. The molecule has 3 aromatic carbocycles. The van der Waals surface area contributed by atoms with Crippen molar-refractivity contribution in [2.24, 2.45) is 0 Å². The Morgan fingerprint density at radius 1 is 0.837 bits per heavy atom. The van der Waals surface area contributed by atoms with Crippen LogP contribution in [0.2, 0.25) is 0 Å². The number of ether oxygens (including phenoxy) is 4. The van der Waals surface area contributed by atoms with Gasteiger partial charge in [0.2, 0.25) is 5.91 Å². The molecular weight excluding hydrogens is 624 g/mol. The van der Waals surface area contributed by atoms with Crippen molar-refractivity contribution in [3.63, 3.8) is 0 Å². The average molecular weight is 673 g/mol. The maximum absolute atomic E-state index is 12.5. The molecule has 3 aliphatic heterocycles. The minimum absolute atomic E-state index is 0.00206. The summed E-state index contributed by atoms with van der Waals surface area (Å²) >= 11 is 0. The van der Waals surface area contributed by atoms with Crippen molar-refractivity contribution >= 4 is 11.9 Å². The lowest BCUT2D eigenvalue weighted by atomic mass is 9.97. The van der Waals surface area contributed by atoms with Crippen LogP contribution in [0.1, 0.15) is 86.0 Å². The van der Waals surface area contributed by atoms with E-state index in [1.807, 2.05) is 42.5 Å². The first-order valence-corrected chi connectivity index (χ1v) is 17.6. The summed E-state index contributed by atoms with van der Waals surface area (Å²) < 4.78 is 25.1. The second-order valence-electron chi connectivity index (χ2n) is 13.3. The smallest absolute Gasteiger partial charge is 0.303 e. The van der Waals surface area contributed by atoms with Crippen molar-refractivity contribution in [2.75, 3.05) is 32.8 Å². The molecule has 262 valence electrons. The Kier molecular flexibility index (Phi) is 12.1. The highest BCUT2D eigenvalue weighted by atomic mass is 16.7. The van der Waals surface area contributed by atoms with Crippen molar-refractivity contribution in [3.8, 4) is 11.1 Å². The first-order valence-electron chi connectivity index (χ1n) is 17.6. The molecule has 10 nitrogen and oxygen atoms in total. The molecule has 3 saturated heterocycles. The number of unbranched alkanes of at least 4 members (excludes halogenated alkanes) is 2. The number of hydrogen-bond donors (Lipinski definition) is 3. The third-order valence-electron chi connectivity index (χ3n) is 9.79. The van der Waals surface area contributed by atoms with Gasteiger partial charge in [-0.05, 0) is 40.7 Å². The number of nitrogens with one attached hydrogen (secondary N) is 1. The highest BCUT2D eigenvalue weighted by Gasteiger charge is 2.41. The first-order chi connectivity index (χ1) is 23.9. The highest BCUT2D eigenvalue weighted by Crippen LogP contribution is 2.39. The van der Waals surface area contributed by atoms with Crippen molar-refractivity contribution in [3.05, 3.63) is 95.1 Å². The van der Waals surface area contributed by atoms with Crippen molar-refractivity contribution in [2.45, 2.75) is 88.8 Å². The number of piperidine rings is 1. The zero-order chi connectivity index (χ0) is 34.1. The number of rotatable bonds is 14. The number of hydrogen-bond acceptors (Lipinski definition) is 8. The molecule has 0 aromatic heterocycles. The van der Waals surface area contributed by atoms with Gasteiger partial charge in [0.25, 0.3) is 0 Å². The molecule has 3 fully saturated rings. The number of nitrogens with zero attached hydrogens (tertiary/aromatic N) is 1. The predicted molar refractivity (Wildman–Crippen MR) is 183 cm³/mol. The van der Waals surface area contributed by atoms with Crippen LogP contribution < -0.4 is 5.32 Å². The maximum Gasteiger partial charge on any atom is 0.303 e. The van der Waals surface area contributed by atoms with Gasteiger partial charge in [-0.2, -0.15) is 0 Å². The monoisotopic (exact) mass is 672 g/mol. The largest absolute Gasteiger partial charge is 0.481 e. The first kappa shape index (κ1) is 35.2. The molecule has 0 saturated carbocycles. The molecule has 10 heteroatoms. The molecule has 49 heavy (non-hydrogen) atoms. The molecule has 3 N–H and O–H groups in total. The van der Waals surface area contributed by atoms with Crippen LogP contribution in [0, 0.1) is 0 Å². The summed E-state index contributed by atoms with van der Waals surface area (Å²) in [6, 6.07) is 24.3. The number of benzene rings is 3. The molecule has 1 amide bonds. The summed E-state index contributed by atoms with van der Waals surface area (Å²) in [7, 11) is 0. The Hall–Kier alpha value is -3.64. The van der Waals surface area contributed by atoms with Gasteiger partial charge in [-0.1, -0.05) is 79.2 Å². The summed E-state index contributed by atoms with van der Waals surface area (Å²) in [6.07, 6.45) is 4.19. The SMILES string of the molecule is O=C(O)CCCCCC(=O)NCc1ccccc1-c1ccc([C@H]2O[C@@H](CN3CCC4(CC3)OCCO4)C[C@@H](c3ccc(CO)cc3)O2)cc1. The van der Waals surface area contributed by atoms with E-state index in [0.29, 0.717) is 39.0 Å². The van der Waals surface area contributed by atoms with Gasteiger partial charge in [-0.25, -0.2) is 0 Å². The van der Waals surface area contributed by atoms with E-state index in [1.165, 1.54) is 0 Å². The number of aliphatic hydroxyl groups excluding tert-OH is 1. The maximum atomic E-state index is 12.5. The minimum Gasteiger partial charge on any atom is -0.481 e. The molecule has 3 atom stereocenters. The fourth-order valence-electron chi connectivity index (χ4n) is 6.98. The molecule has 3 heterocycles. The summed E-state index contributed by atoms with van der Waals surface area (Å²) in [5.74, 6) is -1.25. The zero-order valence-electron chi connectivity index (χ0n) is 28.1. The van der Waals surface area contributed by atoms with Gasteiger partial charge in [0, 0.05) is 63.8 Å². The molecule has 1 spiro atoms. The van der Waals surface area contributed by atoms with Crippen LogP contribution >= 0.6 is 0 Å². The lowest BCUT2D eigenvalue weighted by Crippen LogP contribution is -2.48. The summed E-state index contributed by atoms with van der Waals surface area (Å²) in [6.45, 7) is 4.32. The van der Waals surface area contributed by atoms with Crippen LogP contribution in [-0.4, -0.2) is 71.7 Å². The van der Waals surface area contributed by atoms with Crippen LogP contribution in [0.15, 0.2) is 72.8 Å². The fourth-order valence-corrected chi connectivity index (χ4v) is 6.98. The van der Waals surface area contributed by atoms with E-state index in [2.05, 4.69) is 40.5 Å². The normalized spacial score (nSPS) is 22.3. The number of carbonyl (C=O) groups excluding carboxylic acids is 1. The molecular formula is C39H48N2O8. The van der Waals surface area contributed by atoms with E-state index >= 15 is 0 Å². The van der Waals surface area contributed by atoms with Crippen LogP contribution in [0.3, 0.4) is 0 Å². The summed E-state index contributed by atoms with van der Waals surface area (Å²) in [5.41, 5.74) is 5.95. The predicted octanol–water partition coefficient (Wildman–Crippen LogP) is 5.88. The number of amides is 1. The van der Waals surface area contributed by atoms with Gasteiger partial charge in [0.15, 0.2) is 12.1 Å². The Bertz CT molecular complexity index is 1510. The summed E-state index contributed by atoms with van der Waals surface area (Å²) in [4.78, 5) is 25.6. The van der Waals surface area contributed by atoms with Crippen molar-refractivity contribution in [1.29, 1.82) is 0 Å². The van der Waals surface area contributed by atoms with Crippen LogP contribution in [0.4, 0.5) is 0 Å². The molecule has 0 bridgehead atoms. The van der Waals surface area contributed by atoms with Crippen LogP contribution in [0.5, 0.6) is 0 Å². The third kappa shape index (κ3) is 9.54. The van der Waals surface area contributed by atoms with Gasteiger partial charge >= 0.3 is 5.97 Å². The Labute approximate surface area is 288 Å². The topological polar surface area (TPSA) is 127 Å². The van der Waals surface area contributed by atoms with E-state index in [-0.39, 0.29) is 31.1 Å². The Balaban J connectivity index is 1.10. The lowest BCUT2D eigenvalue weighted by Gasteiger charge is -2.41. The lowest BCUT2D eigenvalue weighted by molar-refractivity contribution is -0.255. The third-order valence-corrected chi connectivity index (χ3v) is 9.79. The van der Waals surface area contributed by atoms with Crippen LogP contribution in [0.25, 0.3) is 11.1 Å². The minimum atomic E-state index is -0.802. The van der Waals surface area contributed by atoms with Gasteiger partial charge in [0.1, 0.15) is 0 Å². The average Bonchev–Trinajstić information content (AvgIpc) is 3.59. The molecule has 3 aromatic rings. The standard InChI is InChI=1S/C39H48N2O8/c42-27-28-10-12-30(13-11-28)35-24-33(26-41-20-18-39(19-21-41)46-22-23-47-39)48-38(49-35)31-16-14-29(15-17-31)34-7-5-4-6-32(34)25-40-36(43)8-2-1-3-9-37(44)45/h4-7,10-17,33,35,38,42H,1-3,8-9,18-27H2,(H,40,43)(H,44,45)/t33-,35+,38+/m1/s1.